The molecular formula is C23H32N2O7. The molecular weight excluding hydrogens is 416 g/mol. The number of hydrogen-bond acceptors (Lipinski definition) is 6. The van der Waals surface area contributed by atoms with Gasteiger partial charge in [0.05, 0.1) is 13.7 Å². The van der Waals surface area contributed by atoms with Crippen LogP contribution in [0.15, 0.2) is 43.5 Å². The standard InChI is InChI=1S/C23H32N2O7/c1-4-20(26)24-12-6-8-14-31-18-11-10-17(16-19(18)30-3)22(23(28)29)32-15-9-7-13-25-21(27)5-2/h4-5,10-11,16,22H,1-2,6-9,12-15H2,3H3,(H,24,26)(H,25,27)(H,28,29). The number of amides is 2. The molecule has 0 saturated carbocycles. The Morgan fingerprint density at radius 1 is 0.969 bits per heavy atom. The first-order chi connectivity index (χ1) is 15.4. The fraction of sp³-hybridized carbons (Fsp3) is 0.435. The average Bonchev–Trinajstić information content (AvgIpc) is 2.80. The Balaban J connectivity index is 2.54. The van der Waals surface area contributed by atoms with E-state index in [1.807, 2.05) is 0 Å². The molecule has 176 valence electrons. The quantitative estimate of drug-likeness (QED) is 0.247. The van der Waals surface area contributed by atoms with E-state index in [-0.39, 0.29) is 18.4 Å². The summed E-state index contributed by atoms with van der Waals surface area (Å²) < 4.78 is 16.6. The molecule has 0 heterocycles. The third-order valence-corrected chi connectivity index (χ3v) is 4.37. The van der Waals surface area contributed by atoms with Gasteiger partial charge < -0.3 is 30.0 Å². The van der Waals surface area contributed by atoms with Crippen LogP contribution in [-0.4, -0.2) is 56.3 Å². The second-order valence-electron chi connectivity index (χ2n) is 6.75. The minimum atomic E-state index is -1.14. The van der Waals surface area contributed by atoms with Crippen LogP contribution in [0.1, 0.15) is 37.4 Å². The molecule has 9 nitrogen and oxygen atoms in total. The van der Waals surface area contributed by atoms with Gasteiger partial charge >= 0.3 is 5.97 Å². The van der Waals surface area contributed by atoms with Crippen molar-refractivity contribution < 1.29 is 33.7 Å². The molecule has 9 heteroatoms. The van der Waals surface area contributed by atoms with Crippen molar-refractivity contribution in [3.05, 3.63) is 49.1 Å². The van der Waals surface area contributed by atoms with Gasteiger partial charge in [0.25, 0.3) is 0 Å². The first kappa shape index (κ1) is 26.7. The molecule has 0 radical (unpaired) electrons. The number of aliphatic carboxylic acids is 1. The smallest absolute Gasteiger partial charge is 0.337 e. The number of nitrogens with one attached hydrogen (secondary N) is 2. The predicted octanol–water partition coefficient (Wildman–Crippen LogP) is 2.38. The molecule has 1 atom stereocenters. The number of rotatable bonds is 17. The van der Waals surface area contributed by atoms with E-state index in [4.69, 9.17) is 14.2 Å². The highest BCUT2D eigenvalue weighted by Gasteiger charge is 2.22. The van der Waals surface area contributed by atoms with Crippen LogP contribution >= 0.6 is 0 Å². The Labute approximate surface area is 188 Å². The molecule has 1 unspecified atom stereocenters. The van der Waals surface area contributed by atoms with E-state index in [0.717, 1.165) is 12.8 Å². The highest BCUT2D eigenvalue weighted by Crippen LogP contribution is 2.31. The maximum Gasteiger partial charge on any atom is 0.337 e. The van der Waals surface area contributed by atoms with Crippen LogP contribution < -0.4 is 20.1 Å². The number of unbranched alkanes of at least 4 members (excludes halogenated alkanes) is 2. The molecule has 0 fully saturated rings. The van der Waals surface area contributed by atoms with Gasteiger partial charge in [-0.2, -0.15) is 0 Å². The average molecular weight is 449 g/mol. The largest absolute Gasteiger partial charge is 0.493 e. The van der Waals surface area contributed by atoms with Gasteiger partial charge in [0.2, 0.25) is 11.8 Å². The summed E-state index contributed by atoms with van der Waals surface area (Å²) in [6.07, 6.45) is 3.98. The van der Waals surface area contributed by atoms with Crippen LogP contribution in [0.3, 0.4) is 0 Å². The highest BCUT2D eigenvalue weighted by molar-refractivity contribution is 5.87. The van der Waals surface area contributed by atoms with E-state index in [1.165, 1.54) is 19.3 Å². The Bertz CT molecular complexity index is 780. The monoisotopic (exact) mass is 448 g/mol. The molecule has 0 aliphatic carbocycles. The van der Waals surface area contributed by atoms with E-state index >= 15 is 0 Å². The molecule has 1 aromatic rings. The molecule has 1 rings (SSSR count). The number of carbonyl (C=O) groups excluding carboxylic acids is 2. The second-order valence-corrected chi connectivity index (χ2v) is 6.75. The number of carbonyl (C=O) groups is 3. The fourth-order valence-corrected chi connectivity index (χ4v) is 2.68. The topological polar surface area (TPSA) is 123 Å². The summed E-state index contributed by atoms with van der Waals surface area (Å²) in [5.74, 6) is -0.666. The van der Waals surface area contributed by atoms with Crippen LogP contribution in [0.2, 0.25) is 0 Å². The number of carboxylic acids is 1. The summed E-state index contributed by atoms with van der Waals surface area (Å²) in [6.45, 7) is 8.40. The summed E-state index contributed by atoms with van der Waals surface area (Å²) in [7, 11) is 1.48. The van der Waals surface area contributed by atoms with Gasteiger partial charge in [-0.3, -0.25) is 9.59 Å². The molecule has 0 aromatic heterocycles. The van der Waals surface area contributed by atoms with Crippen molar-refractivity contribution in [3.63, 3.8) is 0 Å². The van der Waals surface area contributed by atoms with Crippen molar-refractivity contribution in [1.82, 2.24) is 10.6 Å². The maximum atomic E-state index is 11.7. The van der Waals surface area contributed by atoms with Crippen LogP contribution in [0.4, 0.5) is 0 Å². The van der Waals surface area contributed by atoms with Gasteiger partial charge in [0.15, 0.2) is 17.6 Å². The van der Waals surface area contributed by atoms with E-state index in [0.29, 0.717) is 49.6 Å². The van der Waals surface area contributed by atoms with E-state index in [2.05, 4.69) is 23.8 Å². The molecule has 0 aliphatic heterocycles. The first-order valence-corrected chi connectivity index (χ1v) is 10.4. The fourth-order valence-electron chi connectivity index (χ4n) is 2.68. The molecule has 3 N–H and O–H groups in total. The van der Waals surface area contributed by atoms with Crippen molar-refractivity contribution in [1.29, 1.82) is 0 Å². The van der Waals surface area contributed by atoms with E-state index < -0.39 is 12.1 Å². The SMILES string of the molecule is C=CC(=O)NCCCCOc1ccc(C(OCCCCNC(=O)C=C)C(=O)O)cc1OC. The Morgan fingerprint density at radius 2 is 1.56 bits per heavy atom. The lowest BCUT2D eigenvalue weighted by Crippen LogP contribution is -2.22. The zero-order valence-electron chi connectivity index (χ0n) is 18.4. The summed E-state index contributed by atoms with van der Waals surface area (Å²) in [4.78, 5) is 33.8. The summed E-state index contributed by atoms with van der Waals surface area (Å²) in [5, 5.41) is 14.9. The molecule has 32 heavy (non-hydrogen) atoms. The molecule has 0 spiro atoms. The third kappa shape index (κ3) is 10.1. The molecule has 0 bridgehead atoms. The zero-order chi connectivity index (χ0) is 23.8. The third-order valence-electron chi connectivity index (χ3n) is 4.37. The van der Waals surface area contributed by atoms with Gasteiger partial charge in [0, 0.05) is 19.7 Å². The van der Waals surface area contributed by atoms with Gasteiger partial charge in [-0.15, -0.1) is 0 Å². The van der Waals surface area contributed by atoms with Crippen LogP contribution in [-0.2, 0) is 19.1 Å². The Kier molecular flexibility index (Phi) is 12.9. The molecule has 0 aliphatic rings. The first-order valence-electron chi connectivity index (χ1n) is 10.4. The summed E-state index contributed by atoms with van der Waals surface area (Å²) >= 11 is 0. The molecule has 2 amide bonds. The summed E-state index contributed by atoms with van der Waals surface area (Å²) in [5.41, 5.74) is 0.439. The number of benzene rings is 1. The zero-order valence-corrected chi connectivity index (χ0v) is 18.4. The minimum Gasteiger partial charge on any atom is -0.493 e. The van der Waals surface area contributed by atoms with Crippen molar-refractivity contribution in [2.24, 2.45) is 0 Å². The van der Waals surface area contributed by atoms with Crippen molar-refractivity contribution in [3.8, 4) is 11.5 Å². The van der Waals surface area contributed by atoms with Gasteiger partial charge in [0.1, 0.15) is 0 Å². The minimum absolute atomic E-state index is 0.210. The van der Waals surface area contributed by atoms with Gasteiger partial charge in [-0.1, -0.05) is 19.2 Å². The lowest BCUT2D eigenvalue weighted by atomic mass is 10.1. The number of ether oxygens (including phenoxy) is 3. The van der Waals surface area contributed by atoms with Crippen LogP contribution in [0.25, 0.3) is 0 Å². The van der Waals surface area contributed by atoms with Gasteiger partial charge in [-0.25, -0.2) is 4.79 Å². The Morgan fingerprint density at radius 3 is 2.09 bits per heavy atom. The van der Waals surface area contributed by atoms with Crippen molar-refractivity contribution >= 4 is 17.8 Å². The predicted molar refractivity (Wildman–Crippen MR) is 120 cm³/mol. The number of carboxylic acid groups (broad SMARTS) is 1. The van der Waals surface area contributed by atoms with Crippen molar-refractivity contribution in [2.75, 3.05) is 33.4 Å². The van der Waals surface area contributed by atoms with E-state index in [1.54, 1.807) is 18.2 Å². The second kappa shape index (κ2) is 15.5. The molecule has 1 aromatic carbocycles. The van der Waals surface area contributed by atoms with Gasteiger partial charge in [-0.05, 0) is 55.5 Å². The van der Waals surface area contributed by atoms with Crippen LogP contribution in [0.5, 0.6) is 11.5 Å². The van der Waals surface area contributed by atoms with Crippen LogP contribution in [0, 0.1) is 0 Å². The maximum absolute atomic E-state index is 11.7. The number of hydrogen-bond donors (Lipinski definition) is 3. The lowest BCUT2D eigenvalue weighted by Gasteiger charge is -2.17. The lowest BCUT2D eigenvalue weighted by molar-refractivity contribution is -0.151. The number of methoxy groups -OCH3 is 1. The van der Waals surface area contributed by atoms with E-state index in [9.17, 15) is 19.5 Å². The normalized spacial score (nSPS) is 11.2. The highest BCUT2D eigenvalue weighted by atomic mass is 16.5. The van der Waals surface area contributed by atoms with Crippen molar-refractivity contribution in [2.45, 2.75) is 31.8 Å². The molecule has 0 saturated heterocycles. The Hall–Kier alpha value is -3.33. The summed E-state index contributed by atoms with van der Waals surface area (Å²) in [6, 6.07) is 4.87.